The molecule has 3 rings (SSSR count). The maximum atomic E-state index is 5.31. The highest BCUT2D eigenvalue weighted by Gasteiger charge is 2.18. The quantitative estimate of drug-likeness (QED) is 0.538. The van der Waals surface area contributed by atoms with Crippen molar-refractivity contribution in [1.82, 2.24) is 0 Å². The normalized spacial score (nSPS) is 12.8. The molecule has 0 bridgehead atoms. The standard InChI is InChI=1S/C14H11BrN2/c15-11-1-3-13-9(6-11)5-10-7-12(17-8-16)2-4-14(10)13/h1-4,6-8H,5H2,(H2,16,17). The minimum absolute atomic E-state index is 0.915. The van der Waals surface area contributed by atoms with Gasteiger partial charge in [-0.3, -0.25) is 0 Å². The van der Waals surface area contributed by atoms with Gasteiger partial charge in [0.25, 0.3) is 0 Å². The summed E-state index contributed by atoms with van der Waals surface area (Å²) in [6.45, 7) is 0. The Morgan fingerprint density at radius 1 is 1.06 bits per heavy atom. The first-order valence-electron chi connectivity index (χ1n) is 5.44. The molecule has 0 saturated carbocycles. The molecule has 0 aliphatic heterocycles. The summed E-state index contributed by atoms with van der Waals surface area (Å²) in [5, 5.41) is 0. The Morgan fingerprint density at radius 2 is 1.76 bits per heavy atom. The molecule has 0 fully saturated rings. The third-order valence-corrected chi connectivity index (χ3v) is 3.54. The van der Waals surface area contributed by atoms with Crippen LogP contribution in [0.1, 0.15) is 11.1 Å². The zero-order valence-electron chi connectivity index (χ0n) is 9.15. The van der Waals surface area contributed by atoms with Crippen LogP contribution in [0.4, 0.5) is 5.69 Å². The van der Waals surface area contributed by atoms with Crippen LogP contribution < -0.4 is 5.73 Å². The van der Waals surface area contributed by atoms with E-state index in [2.05, 4.69) is 51.3 Å². The third kappa shape index (κ3) is 1.76. The largest absolute Gasteiger partial charge is 0.390 e. The van der Waals surface area contributed by atoms with Crippen LogP contribution in [-0.2, 0) is 6.42 Å². The Kier molecular flexibility index (Phi) is 2.48. The van der Waals surface area contributed by atoms with Crippen molar-refractivity contribution in [3.63, 3.8) is 0 Å². The average Bonchev–Trinajstić information content (AvgIpc) is 2.65. The summed E-state index contributed by atoms with van der Waals surface area (Å²) >= 11 is 3.51. The second-order valence-electron chi connectivity index (χ2n) is 4.10. The number of halogens is 1. The van der Waals surface area contributed by atoms with E-state index in [1.165, 1.54) is 28.6 Å². The predicted octanol–water partition coefficient (Wildman–Crippen LogP) is 3.64. The molecule has 1 aliphatic rings. The second kappa shape index (κ2) is 4.00. The Morgan fingerprint density at radius 3 is 2.53 bits per heavy atom. The molecule has 0 spiro atoms. The van der Waals surface area contributed by atoms with E-state index in [9.17, 15) is 0 Å². The van der Waals surface area contributed by atoms with Gasteiger partial charge in [0.1, 0.15) is 0 Å². The second-order valence-corrected chi connectivity index (χ2v) is 5.01. The van der Waals surface area contributed by atoms with Gasteiger partial charge in [-0.05, 0) is 52.9 Å². The van der Waals surface area contributed by atoms with Crippen molar-refractivity contribution in [3.05, 3.63) is 52.0 Å². The molecule has 0 radical (unpaired) electrons. The van der Waals surface area contributed by atoms with Crippen molar-refractivity contribution >= 4 is 28.0 Å². The number of fused-ring (bicyclic) bond motifs is 3. The lowest BCUT2D eigenvalue weighted by atomic mass is 10.1. The summed E-state index contributed by atoms with van der Waals surface area (Å²) in [7, 11) is 0. The van der Waals surface area contributed by atoms with Gasteiger partial charge in [0.15, 0.2) is 0 Å². The lowest BCUT2D eigenvalue weighted by molar-refractivity contribution is 1.25. The number of hydrogen-bond donors (Lipinski definition) is 1. The smallest absolute Gasteiger partial charge is 0.0860 e. The molecule has 0 amide bonds. The van der Waals surface area contributed by atoms with E-state index in [0.717, 1.165) is 16.6 Å². The maximum absolute atomic E-state index is 5.31. The topological polar surface area (TPSA) is 38.4 Å². The van der Waals surface area contributed by atoms with Crippen LogP contribution in [0.3, 0.4) is 0 Å². The van der Waals surface area contributed by atoms with Crippen molar-refractivity contribution in [2.45, 2.75) is 6.42 Å². The Balaban J connectivity index is 2.12. The fourth-order valence-corrected chi connectivity index (χ4v) is 2.74. The van der Waals surface area contributed by atoms with Gasteiger partial charge in [-0.15, -0.1) is 0 Å². The molecular weight excluding hydrogens is 276 g/mol. The lowest BCUT2D eigenvalue weighted by Gasteiger charge is -2.01. The number of benzene rings is 2. The van der Waals surface area contributed by atoms with Gasteiger partial charge >= 0.3 is 0 Å². The Bertz CT molecular complexity index is 618. The molecule has 0 heterocycles. The van der Waals surface area contributed by atoms with Crippen LogP contribution in [0.5, 0.6) is 0 Å². The van der Waals surface area contributed by atoms with E-state index in [1.54, 1.807) is 0 Å². The first-order valence-corrected chi connectivity index (χ1v) is 6.23. The van der Waals surface area contributed by atoms with E-state index < -0.39 is 0 Å². The third-order valence-electron chi connectivity index (χ3n) is 3.05. The number of aliphatic imine (C=N–C) groups is 1. The van der Waals surface area contributed by atoms with Crippen LogP contribution in [-0.4, -0.2) is 6.34 Å². The van der Waals surface area contributed by atoms with Gasteiger partial charge in [-0.25, -0.2) is 4.99 Å². The number of nitrogens with two attached hydrogens (primary N) is 1. The molecule has 0 atom stereocenters. The molecule has 1 aliphatic carbocycles. The molecule has 2 aromatic carbocycles. The molecule has 0 unspecified atom stereocenters. The van der Waals surface area contributed by atoms with Crippen molar-refractivity contribution in [1.29, 1.82) is 0 Å². The monoisotopic (exact) mass is 286 g/mol. The minimum Gasteiger partial charge on any atom is -0.390 e. The number of nitrogens with zero attached hydrogens (tertiary/aromatic N) is 1. The van der Waals surface area contributed by atoms with Crippen molar-refractivity contribution in [2.75, 3.05) is 0 Å². The van der Waals surface area contributed by atoms with Crippen molar-refractivity contribution < 1.29 is 0 Å². The van der Waals surface area contributed by atoms with E-state index >= 15 is 0 Å². The summed E-state index contributed by atoms with van der Waals surface area (Å²) in [5.74, 6) is 0. The first kappa shape index (κ1) is 10.5. The molecule has 3 heteroatoms. The van der Waals surface area contributed by atoms with Crippen LogP contribution in [0.15, 0.2) is 45.9 Å². The van der Waals surface area contributed by atoms with Gasteiger partial charge in [-0.2, -0.15) is 0 Å². The minimum atomic E-state index is 0.915. The fraction of sp³-hybridized carbons (Fsp3) is 0.0714. The van der Waals surface area contributed by atoms with Crippen LogP contribution in [0.25, 0.3) is 11.1 Å². The summed E-state index contributed by atoms with van der Waals surface area (Å²) in [5.41, 5.74) is 11.5. The van der Waals surface area contributed by atoms with Crippen molar-refractivity contribution in [2.24, 2.45) is 10.7 Å². The van der Waals surface area contributed by atoms with Gasteiger partial charge in [0, 0.05) is 4.47 Å². The summed E-state index contributed by atoms with van der Waals surface area (Å²) < 4.78 is 1.13. The first-order chi connectivity index (χ1) is 8.28. The van der Waals surface area contributed by atoms with E-state index in [-0.39, 0.29) is 0 Å². The summed E-state index contributed by atoms with van der Waals surface area (Å²) in [6, 6.07) is 12.7. The lowest BCUT2D eigenvalue weighted by Crippen LogP contribution is -1.87. The summed E-state index contributed by atoms with van der Waals surface area (Å²) in [4.78, 5) is 4.11. The average molecular weight is 287 g/mol. The van der Waals surface area contributed by atoms with E-state index in [4.69, 9.17) is 5.73 Å². The van der Waals surface area contributed by atoms with Crippen LogP contribution >= 0.6 is 15.9 Å². The molecule has 84 valence electrons. The maximum Gasteiger partial charge on any atom is 0.0860 e. The summed E-state index contributed by atoms with van der Waals surface area (Å²) in [6.07, 6.45) is 2.30. The highest BCUT2D eigenvalue weighted by molar-refractivity contribution is 9.10. The van der Waals surface area contributed by atoms with Gasteiger partial charge in [0.2, 0.25) is 0 Å². The number of hydrogen-bond acceptors (Lipinski definition) is 1. The molecule has 17 heavy (non-hydrogen) atoms. The molecule has 2 N–H and O–H groups in total. The van der Waals surface area contributed by atoms with E-state index in [1.807, 2.05) is 6.07 Å². The Hall–Kier alpha value is -1.61. The van der Waals surface area contributed by atoms with Crippen LogP contribution in [0.2, 0.25) is 0 Å². The molecule has 2 nitrogen and oxygen atoms in total. The van der Waals surface area contributed by atoms with Crippen LogP contribution in [0, 0.1) is 0 Å². The van der Waals surface area contributed by atoms with Gasteiger partial charge in [0.05, 0.1) is 12.0 Å². The predicted molar refractivity (Wildman–Crippen MR) is 74.7 cm³/mol. The molecule has 0 saturated heterocycles. The molecular formula is C14H11BrN2. The number of rotatable bonds is 1. The highest BCUT2D eigenvalue weighted by atomic mass is 79.9. The van der Waals surface area contributed by atoms with Gasteiger partial charge < -0.3 is 5.73 Å². The van der Waals surface area contributed by atoms with Crippen molar-refractivity contribution in [3.8, 4) is 11.1 Å². The zero-order valence-corrected chi connectivity index (χ0v) is 10.7. The fourth-order valence-electron chi connectivity index (χ4n) is 2.33. The zero-order chi connectivity index (χ0) is 11.8. The van der Waals surface area contributed by atoms with Gasteiger partial charge in [-0.1, -0.05) is 28.1 Å². The van der Waals surface area contributed by atoms with E-state index in [0.29, 0.717) is 0 Å². The molecule has 0 aromatic heterocycles. The Labute approximate surface area is 108 Å². The highest BCUT2D eigenvalue weighted by Crippen LogP contribution is 2.39. The SMILES string of the molecule is NC=Nc1ccc2c(c1)Cc1cc(Br)ccc1-2. The molecule has 2 aromatic rings.